The third kappa shape index (κ3) is 1.10. The lowest BCUT2D eigenvalue weighted by Crippen LogP contribution is -2.36. The summed E-state index contributed by atoms with van der Waals surface area (Å²) in [6.45, 7) is 0. The van der Waals surface area contributed by atoms with Crippen molar-refractivity contribution in [2.75, 3.05) is 16.8 Å². The summed E-state index contributed by atoms with van der Waals surface area (Å²) in [6, 6.07) is 9.03. The summed E-state index contributed by atoms with van der Waals surface area (Å²) < 4.78 is 13.3. The molecule has 3 nitrogen and oxygen atoms in total. The minimum Gasteiger partial charge on any atom is -0.337 e. The van der Waals surface area contributed by atoms with Gasteiger partial charge in [0, 0.05) is 25.4 Å². The van der Waals surface area contributed by atoms with Crippen LogP contribution in [-0.2, 0) is 6.42 Å². The molecule has 0 spiro atoms. The van der Waals surface area contributed by atoms with Gasteiger partial charge in [0.05, 0.1) is 5.69 Å². The lowest BCUT2D eigenvalue weighted by Gasteiger charge is -2.23. The van der Waals surface area contributed by atoms with Crippen LogP contribution in [0.4, 0.5) is 21.6 Å². The Morgan fingerprint density at radius 1 is 1.28 bits per heavy atom. The van der Waals surface area contributed by atoms with Gasteiger partial charge in [-0.25, -0.2) is 9.37 Å². The smallest absolute Gasteiger partial charge is 0.153 e. The number of fused-ring (bicyclic) bond motifs is 5. The molecule has 0 saturated heterocycles. The van der Waals surface area contributed by atoms with Crippen LogP contribution in [0.25, 0.3) is 0 Å². The van der Waals surface area contributed by atoms with Crippen LogP contribution < -0.4 is 9.80 Å². The van der Waals surface area contributed by atoms with Crippen molar-refractivity contribution in [2.45, 2.75) is 12.6 Å². The van der Waals surface area contributed by atoms with Gasteiger partial charge in [-0.3, -0.25) is 0 Å². The molecule has 1 aromatic carbocycles. The molecular formula is C14H12FN3. The first-order chi connectivity index (χ1) is 8.75. The average molecular weight is 241 g/mol. The minimum atomic E-state index is -0.163. The lowest BCUT2D eigenvalue weighted by molar-refractivity contribution is 0.625. The van der Waals surface area contributed by atoms with E-state index >= 15 is 0 Å². The van der Waals surface area contributed by atoms with Crippen LogP contribution in [0.3, 0.4) is 0 Å². The van der Waals surface area contributed by atoms with Gasteiger partial charge in [-0.2, -0.15) is 0 Å². The molecule has 1 aromatic heterocycles. The highest BCUT2D eigenvalue weighted by Gasteiger charge is 2.41. The second-order valence-corrected chi connectivity index (χ2v) is 4.78. The Labute approximate surface area is 104 Å². The summed E-state index contributed by atoms with van der Waals surface area (Å²) in [4.78, 5) is 8.83. The first-order valence-corrected chi connectivity index (χ1v) is 6.01. The zero-order valence-electron chi connectivity index (χ0n) is 9.97. The number of hydrogen-bond donors (Lipinski definition) is 0. The Morgan fingerprint density at radius 3 is 3.06 bits per heavy atom. The molecular weight excluding hydrogens is 229 g/mol. The second kappa shape index (κ2) is 3.22. The first kappa shape index (κ1) is 9.88. The summed E-state index contributed by atoms with van der Waals surface area (Å²) in [5.41, 5.74) is 3.27. The zero-order chi connectivity index (χ0) is 12.3. The van der Waals surface area contributed by atoms with Crippen molar-refractivity contribution in [1.82, 2.24) is 4.98 Å². The number of halogens is 1. The van der Waals surface area contributed by atoms with Gasteiger partial charge in [-0.15, -0.1) is 0 Å². The van der Waals surface area contributed by atoms with E-state index in [1.807, 2.05) is 25.4 Å². The van der Waals surface area contributed by atoms with E-state index in [4.69, 9.17) is 0 Å². The van der Waals surface area contributed by atoms with Crippen LogP contribution in [0, 0.1) is 5.82 Å². The number of pyridine rings is 1. The van der Waals surface area contributed by atoms with Crippen molar-refractivity contribution in [3.63, 3.8) is 0 Å². The minimum absolute atomic E-state index is 0.163. The van der Waals surface area contributed by atoms with Gasteiger partial charge in [0.25, 0.3) is 0 Å². The van der Waals surface area contributed by atoms with Crippen molar-refractivity contribution < 1.29 is 4.39 Å². The summed E-state index contributed by atoms with van der Waals surface area (Å²) in [5, 5.41) is 0. The quantitative estimate of drug-likeness (QED) is 0.707. The zero-order valence-corrected chi connectivity index (χ0v) is 9.97. The molecule has 0 saturated carbocycles. The average Bonchev–Trinajstić information content (AvgIpc) is 2.87. The van der Waals surface area contributed by atoms with E-state index < -0.39 is 0 Å². The Bertz CT molecular complexity index is 641. The highest BCUT2D eigenvalue weighted by Crippen LogP contribution is 2.48. The molecule has 4 heteroatoms. The number of nitrogens with zero attached hydrogens (tertiary/aromatic N) is 3. The van der Waals surface area contributed by atoms with E-state index in [0.717, 1.165) is 29.2 Å². The van der Waals surface area contributed by atoms with Crippen molar-refractivity contribution >= 4 is 17.2 Å². The predicted molar refractivity (Wildman–Crippen MR) is 68.7 cm³/mol. The molecule has 0 aliphatic carbocycles. The molecule has 1 atom stereocenters. The maximum atomic E-state index is 13.3. The fourth-order valence-electron chi connectivity index (χ4n) is 2.99. The van der Waals surface area contributed by atoms with Crippen LogP contribution in [-0.4, -0.2) is 18.2 Å². The molecule has 90 valence electrons. The van der Waals surface area contributed by atoms with Crippen molar-refractivity contribution in [1.29, 1.82) is 0 Å². The summed E-state index contributed by atoms with van der Waals surface area (Å²) >= 11 is 0. The third-order valence-electron chi connectivity index (χ3n) is 3.81. The number of anilines is 3. The third-order valence-corrected chi connectivity index (χ3v) is 3.81. The van der Waals surface area contributed by atoms with Gasteiger partial charge in [0.15, 0.2) is 5.82 Å². The van der Waals surface area contributed by atoms with Gasteiger partial charge >= 0.3 is 0 Å². The predicted octanol–water partition coefficient (Wildman–Crippen LogP) is 2.69. The molecule has 0 bridgehead atoms. The summed E-state index contributed by atoms with van der Waals surface area (Å²) in [6.07, 6.45) is 2.87. The van der Waals surface area contributed by atoms with Crippen LogP contribution in [0.5, 0.6) is 0 Å². The van der Waals surface area contributed by atoms with E-state index in [1.54, 1.807) is 6.07 Å². The van der Waals surface area contributed by atoms with E-state index in [9.17, 15) is 4.39 Å². The van der Waals surface area contributed by atoms with Gasteiger partial charge in [0.2, 0.25) is 0 Å². The number of aromatic nitrogens is 1. The van der Waals surface area contributed by atoms with Crippen molar-refractivity contribution in [3.05, 3.63) is 47.9 Å². The number of hydrogen-bond acceptors (Lipinski definition) is 3. The van der Waals surface area contributed by atoms with Crippen molar-refractivity contribution in [2.24, 2.45) is 0 Å². The summed E-state index contributed by atoms with van der Waals surface area (Å²) in [5.74, 6) is 0.835. The molecule has 18 heavy (non-hydrogen) atoms. The lowest BCUT2D eigenvalue weighted by atomic mass is 10.1. The van der Waals surface area contributed by atoms with E-state index in [1.165, 1.54) is 6.07 Å². The molecule has 0 fully saturated rings. The van der Waals surface area contributed by atoms with E-state index in [0.29, 0.717) is 0 Å². The molecule has 2 aromatic rings. The highest BCUT2D eigenvalue weighted by atomic mass is 19.1. The monoisotopic (exact) mass is 241 g/mol. The summed E-state index contributed by atoms with van der Waals surface area (Å²) in [7, 11) is 2.04. The normalized spacial score (nSPS) is 19.8. The fraction of sp³-hybridized carbons (Fsp3) is 0.214. The second-order valence-electron chi connectivity index (χ2n) is 4.78. The SMILES string of the molecule is CN1c2ncccc2N2c3ccc(F)cc3CC12. The van der Waals surface area contributed by atoms with Gasteiger partial charge in [0.1, 0.15) is 12.0 Å². The fourth-order valence-corrected chi connectivity index (χ4v) is 2.99. The molecule has 0 radical (unpaired) electrons. The molecule has 1 unspecified atom stereocenters. The Hall–Kier alpha value is -2.10. The number of rotatable bonds is 0. The van der Waals surface area contributed by atoms with E-state index in [-0.39, 0.29) is 12.0 Å². The molecule has 4 rings (SSSR count). The van der Waals surface area contributed by atoms with Gasteiger partial charge in [-0.1, -0.05) is 0 Å². The Kier molecular flexibility index (Phi) is 1.77. The maximum absolute atomic E-state index is 13.3. The van der Waals surface area contributed by atoms with Crippen LogP contribution in [0.15, 0.2) is 36.5 Å². The Morgan fingerprint density at radius 2 is 2.17 bits per heavy atom. The molecule has 0 N–H and O–H groups in total. The van der Waals surface area contributed by atoms with Gasteiger partial charge < -0.3 is 9.80 Å². The van der Waals surface area contributed by atoms with Crippen molar-refractivity contribution in [3.8, 4) is 0 Å². The highest BCUT2D eigenvalue weighted by molar-refractivity contribution is 5.84. The number of likely N-dealkylation sites (N-methyl/N-ethyl adjacent to an activating group) is 1. The molecule has 2 aliphatic heterocycles. The topological polar surface area (TPSA) is 19.4 Å². The Balaban J connectivity index is 1.93. The van der Waals surface area contributed by atoms with E-state index in [2.05, 4.69) is 20.9 Å². The number of benzene rings is 1. The molecule has 2 aliphatic rings. The molecule has 3 heterocycles. The van der Waals surface area contributed by atoms with Crippen LogP contribution >= 0.6 is 0 Å². The van der Waals surface area contributed by atoms with Crippen LogP contribution in [0.2, 0.25) is 0 Å². The molecule has 0 amide bonds. The van der Waals surface area contributed by atoms with Crippen LogP contribution in [0.1, 0.15) is 5.56 Å². The first-order valence-electron chi connectivity index (χ1n) is 6.01. The largest absolute Gasteiger partial charge is 0.337 e. The van der Waals surface area contributed by atoms with Gasteiger partial charge in [-0.05, 0) is 35.9 Å². The maximum Gasteiger partial charge on any atom is 0.153 e. The standard InChI is InChI=1S/C14H12FN3/c1-17-13-8-9-7-10(15)4-5-11(9)18(13)12-3-2-6-16-14(12)17/h2-7,13H,8H2,1H3.